The lowest BCUT2D eigenvalue weighted by Gasteiger charge is -2.25. The van der Waals surface area contributed by atoms with Gasteiger partial charge in [0.1, 0.15) is 36.6 Å². The summed E-state index contributed by atoms with van der Waals surface area (Å²) in [4.78, 5) is 11.4. The van der Waals surface area contributed by atoms with Gasteiger partial charge < -0.3 is 40.9 Å². The van der Waals surface area contributed by atoms with Crippen molar-refractivity contribution in [3.63, 3.8) is 0 Å². The van der Waals surface area contributed by atoms with Crippen molar-refractivity contribution in [2.45, 2.75) is 36.6 Å². The lowest BCUT2D eigenvalue weighted by atomic mass is 9.96. The lowest BCUT2D eigenvalue weighted by Crippen LogP contribution is -2.52. The Morgan fingerprint density at radius 1 is 0.722 bits per heavy atom. The first-order valence-electron chi connectivity index (χ1n) is 5.11. The molecule has 8 N–H and O–H groups in total. The Morgan fingerprint density at radius 3 is 1.22 bits per heavy atom. The SMILES string of the molecule is O=C(C(O)C(O)C(O)CO)C(O)C(O)C(O)CO. The van der Waals surface area contributed by atoms with Crippen molar-refractivity contribution < 1.29 is 45.6 Å². The van der Waals surface area contributed by atoms with Gasteiger partial charge in [-0.25, -0.2) is 0 Å². The van der Waals surface area contributed by atoms with Gasteiger partial charge in [0, 0.05) is 0 Å². The van der Waals surface area contributed by atoms with Crippen LogP contribution in [-0.4, -0.2) is 96.5 Å². The number of hydrogen-bond acceptors (Lipinski definition) is 9. The van der Waals surface area contributed by atoms with Gasteiger partial charge in [-0.05, 0) is 0 Å². The minimum absolute atomic E-state index is 0.927. The summed E-state index contributed by atoms with van der Waals surface area (Å²) in [5, 5.41) is 71.9. The molecule has 0 bridgehead atoms. The molecule has 0 aromatic rings. The third-order valence-electron chi connectivity index (χ3n) is 2.39. The third-order valence-corrected chi connectivity index (χ3v) is 2.39. The molecule has 0 rings (SSSR count). The second-order valence-electron chi connectivity index (χ2n) is 3.77. The van der Waals surface area contributed by atoms with Gasteiger partial charge in [-0.2, -0.15) is 0 Å². The molecule has 18 heavy (non-hydrogen) atoms. The predicted octanol–water partition coefficient (Wildman–Crippen LogP) is -5.29. The summed E-state index contributed by atoms with van der Waals surface area (Å²) in [5.41, 5.74) is 0. The predicted molar refractivity (Wildman–Crippen MR) is 55.2 cm³/mol. The first kappa shape index (κ1) is 17.4. The van der Waals surface area contributed by atoms with Crippen LogP contribution in [0.1, 0.15) is 0 Å². The summed E-state index contributed by atoms with van der Waals surface area (Å²) in [5.74, 6) is -1.46. The molecule has 6 atom stereocenters. The minimum Gasteiger partial charge on any atom is -0.394 e. The van der Waals surface area contributed by atoms with Crippen molar-refractivity contribution in [3.8, 4) is 0 Å². The van der Waals surface area contributed by atoms with E-state index in [1.807, 2.05) is 0 Å². The quantitative estimate of drug-likeness (QED) is 0.214. The number of hydrogen-bond donors (Lipinski definition) is 8. The van der Waals surface area contributed by atoms with E-state index in [-0.39, 0.29) is 0 Å². The standard InChI is InChI=1S/C9H18O9/c10-1-3(12)5(14)7(16)9(18)8(17)6(15)4(13)2-11/h3-8,10-17H,1-2H2. The van der Waals surface area contributed by atoms with E-state index in [2.05, 4.69) is 0 Å². The van der Waals surface area contributed by atoms with E-state index in [0.717, 1.165) is 0 Å². The normalized spacial score (nSPS) is 21.8. The van der Waals surface area contributed by atoms with Crippen molar-refractivity contribution in [2.75, 3.05) is 13.2 Å². The molecule has 0 heterocycles. The van der Waals surface area contributed by atoms with Crippen LogP contribution in [0.2, 0.25) is 0 Å². The van der Waals surface area contributed by atoms with Crippen LogP contribution in [0, 0.1) is 0 Å². The van der Waals surface area contributed by atoms with Crippen molar-refractivity contribution in [3.05, 3.63) is 0 Å². The zero-order chi connectivity index (χ0) is 14.5. The largest absolute Gasteiger partial charge is 0.394 e. The Labute approximate surface area is 102 Å². The fourth-order valence-corrected chi connectivity index (χ4v) is 1.15. The van der Waals surface area contributed by atoms with Crippen molar-refractivity contribution >= 4 is 5.78 Å². The molecule has 0 aromatic heterocycles. The van der Waals surface area contributed by atoms with Crippen LogP contribution in [0.3, 0.4) is 0 Å². The average molecular weight is 270 g/mol. The Hall–Kier alpha value is -0.650. The fourth-order valence-electron chi connectivity index (χ4n) is 1.15. The monoisotopic (exact) mass is 270 g/mol. The maximum atomic E-state index is 11.4. The number of rotatable bonds is 8. The number of Topliss-reactive ketones (excluding diaryl/α,β-unsaturated/α-hetero) is 1. The Balaban J connectivity index is 4.63. The Kier molecular flexibility index (Phi) is 7.43. The molecule has 6 unspecified atom stereocenters. The zero-order valence-electron chi connectivity index (χ0n) is 9.36. The first-order chi connectivity index (χ1) is 8.27. The van der Waals surface area contributed by atoms with Gasteiger partial charge in [-0.3, -0.25) is 4.79 Å². The van der Waals surface area contributed by atoms with Crippen LogP contribution in [0.25, 0.3) is 0 Å². The van der Waals surface area contributed by atoms with Crippen LogP contribution in [-0.2, 0) is 4.79 Å². The summed E-state index contributed by atoms with van der Waals surface area (Å²) < 4.78 is 0. The summed E-state index contributed by atoms with van der Waals surface area (Å²) in [6, 6.07) is 0. The van der Waals surface area contributed by atoms with Crippen LogP contribution in [0.15, 0.2) is 0 Å². The van der Waals surface area contributed by atoms with Gasteiger partial charge in [0.05, 0.1) is 13.2 Å². The number of ketones is 1. The molecule has 108 valence electrons. The van der Waals surface area contributed by atoms with E-state index in [1.54, 1.807) is 0 Å². The number of carbonyl (C=O) groups is 1. The molecule has 0 saturated carbocycles. The van der Waals surface area contributed by atoms with E-state index in [9.17, 15) is 25.2 Å². The molecule has 0 aliphatic heterocycles. The average Bonchev–Trinajstić information content (AvgIpc) is 2.40. The number of carbonyl (C=O) groups excluding carboxylic acids is 1. The first-order valence-corrected chi connectivity index (χ1v) is 5.11. The highest BCUT2D eigenvalue weighted by Crippen LogP contribution is 2.08. The molecule has 0 fully saturated rings. The Bertz CT molecular complexity index is 234. The van der Waals surface area contributed by atoms with Crippen LogP contribution >= 0.6 is 0 Å². The summed E-state index contributed by atoms with van der Waals surface area (Å²) in [6.45, 7) is -1.85. The molecule has 0 saturated heterocycles. The molecular formula is C9H18O9. The molecule has 0 aliphatic rings. The maximum absolute atomic E-state index is 11.4. The molecule has 9 nitrogen and oxygen atoms in total. The van der Waals surface area contributed by atoms with Crippen LogP contribution < -0.4 is 0 Å². The second kappa shape index (κ2) is 7.71. The van der Waals surface area contributed by atoms with Gasteiger partial charge in [0.25, 0.3) is 0 Å². The number of aliphatic hydroxyl groups excluding tert-OH is 8. The lowest BCUT2D eigenvalue weighted by molar-refractivity contribution is -0.159. The van der Waals surface area contributed by atoms with Crippen molar-refractivity contribution in [2.24, 2.45) is 0 Å². The third kappa shape index (κ3) is 4.23. The fraction of sp³-hybridized carbons (Fsp3) is 0.889. The van der Waals surface area contributed by atoms with Crippen LogP contribution in [0.5, 0.6) is 0 Å². The second-order valence-corrected chi connectivity index (χ2v) is 3.77. The maximum Gasteiger partial charge on any atom is 0.195 e. The van der Waals surface area contributed by atoms with Gasteiger partial charge in [-0.15, -0.1) is 0 Å². The highest BCUT2D eigenvalue weighted by Gasteiger charge is 2.38. The van der Waals surface area contributed by atoms with Crippen molar-refractivity contribution in [1.82, 2.24) is 0 Å². The molecule has 0 spiro atoms. The van der Waals surface area contributed by atoms with E-state index in [1.165, 1.54) is 0 Å². The zero-order valence-corrected chi connectivity index (χ0v) is 9.36. The van der Waals surface area contributed by atoms with Crippen molar-refractivity contribution in [1.29, 1.82) is 0 Å². The highest BCUT2D eigenvalue weighted by molar-refractivity contribution is 5.88. The summed E-state index contributed by atoms with van der Waals surface area (Å²) in [7, 11) is 0. The highest BCUT2D eigenvalue weighted by atomic mass is 16.4. The molecule has 0 radical (unpaired) electrons. The van der Waals surface area contributed by atoms with Gasteiger partial charge in [-0.1, -0.05) is 0 Å². The molecule has 0 aromatic carbocycles. The Morgan fingerprint density at radius 2 is 1.00 bits per heavy atom. The van der Waals surface area contributed by atoms with Gasteiger partial charge >= 0.3 is 0 Å². The minimum atomic E-state index is -2.26. The number of aliphatic hydroxyl groups is 8. The van der Waals surface area contributed by atoms with Gasteiger partial charge in [0.2, 0.25) is 0 Å². The van der Waals surface area contributed by atoms with E-state index < -0.39 is 55.6 Å². The van der Waals surface area contributed by atoms with E-state index >= 15 is 0 Å². The van der Waals surface area contributed by atoms with Crippen LogP contribution in [0.4, 0.5) is 0 Å². The topological polar surface area (TPSA) is 179 Å². The summed E-state index contributed by atoms with van der Waals surface area (Å²) in [6.07, 6.45) is -12.3. The molecular weight excluding hydrogens is 252 g/mol. The van der Waals surface area contributed by atoms with E-state index in [0.29, 0.717) is 0 Å². The smallest absolute Gasteiger partial charge is 0.195 e. The van der Waals surface area contributed by atoms with Gasteiger partial charge in [0.15, 0.2) is 5.78 Å². The van der Waals surface area contributed by atoms with E-state index in [4.69, 9.17) is 20.4 Å². The summed E-state index contributed by atoms with van der Waals surface area (Å²) >= 11 is 0. The molecule has 0 amide bonds. The molecule has 9 heteroatoms. The molecule has 0 aliphatic carbocycles.